The van der Waals surface area contributed by atoms with Crippen molar-refractivity contribution in [3.05, 3.63) is 40.9 Å². The largest absolute Gasteiger partial charge is 0.339 e. The fraction of sp³-hybridized carbons (Fsp3) is 0.353. The first-order valence-corrected chi connectivity index (χ1v) is 9.13. The third kappa shape index (κ3) is 3.65. The second-order valence-electron chi connectivity index (χ2n) is 5.73. The zero-order valence-electron chi connectivity index (χ0n) is 13.0. The molecule has 0 saturated carbocycles. The molecular formula is C17H17ClN2O3S. The van der Waals surface area contributed by atoms with E-state index < -0.39 is 0 Å². The molecule has 2 aliphatic heterocycles. The van der Waals surface area contributed by atoms with Crippen molar-refractivity contribution in [3.63, 3.8) is 0 Å². The van der Waals surface area contributed by atoms with Crippen molar-refractivity contribution in [1.29, 1.82) is 0 Å². The molecule has 3 rings (SSSR count). The lowest BCUT2D eigenvalue weighted by Crippen LogP contribution is -2.48. The van der Waals surface area contributed by atoms with Crippen LogP contribution < -0.4 is 0 Å². The molecule has 0 aliphatic carbocycles. The highest BCUT2D eigenvalue weighted by molar-refractivity contribution is 8.14. The third-order valence-corrected chi connectivity index (χ3v) is 5.42. The van der Waals surface area contributed by atoms with Crippen LogP contribution in [-0.2, 0) is 9.59 Å². The topological polar surface area (TPSA) is 57.7 Å². The van der Waals surface area contributed by atoms with E-state index in [0.717, 1.165) is 17.3 Å². The summed E-state index contributed by atoms with van der Waals surface area (Å²) >= 11 is 7.12. The second kappa shape index (κ2) is 7.40. The summed E-state index contributed by atoms with van der Waals surface area (Å²) in [6.45, 7) is 1.08. The summed E-state index contributed by atoms with van der Waals surface area (Å²) in [4.78, 5) is 38.9. The van der Waals surface area contributed by atoms with Crippen LogP contribution in [0.15, 0.2) is 30.3 Å². The monoisotopic (exact) mass is 364 g/mol. The maximum Gasteiger partial charge on any atom is 0.289 e. The average molecular weight is 365 g/mol. The molecule has 0 unspecified atom stereocenters. The van der Waals surface area contributed by atoms with Gasteiger partial charge in [-0.3, -0.25) is 19.3 Å². The van der Waals surface area contributed by atoms with Crippen molar-refractivity contribution in [2.75, 3.05) is 18.8 Å². The first-order valence-electron chi connectivity index (χ1n) is 7.76. The van der Waals surface area contributed by atoms with Gasteiger partial charge in [-0.25, -0.2) is 0 Å². The fourth-order valence-corrected chi connectivity index (χ4v) is 3.91. The molecule has 0 atom stereocenters. The molecule has 0 radical (unpaired) electrons. The normalized spacial score (nSPS) is 19.5. The number of hydrogen-bond donors (Lipinski definition) is 0. The predicted molar refractivity (Wildman–Crippen MR) is 94.8 cm³/mol. The van der Waals surface area contributed by atoms with Crippen LogP contribution in [0.1, 0.15) is 18.4 Å². The molecule has 2 heterocycles. The standard InChI is InChI=1S/C17H17ClN2O3S/c18-14-4-2-1-3-12(14)5-6-15(21)19-9-7-13(8-10-19)20-16(22)11-24-17(20)23/h1-6,13H,7-11H2/b6-5+. The third-order valence-electron chi connectivity index (χ3n) is 4.24. The maximum atomic E-state index is 12.3. The van der Waals surface area contributed by atoms with E-state index in [9.17, 15) is 14.4 Å². The van der Waals surface area contributed by atoms with Gasteiger partial charge in [0.2, 0.25) is 11.8 Å². The van der Waals surface area contributed by atoms with E-state index in [1.807, 2.05) is 18.2 Å². The zero-order chi connectivity index (χ0) is 17.1. The van der Waals surface area contributed by atoms with Gasteiger partial charge in [0.15, 0.2) is 0 Å². The summed E-state index contributed by atoms with van der Waals surface area (Å²) in [6.07, 6.45) is 4.48. The Balaban J connectivity index is 1.56. The van der Waals surface area contributed by atoms with Crippen molar-refractivity contribution >= 4 is 46.5 Å². The number of carbonyl (C=O) groups is 3. The lowest BCUT2D eigenvalue weighted by Gasteiger charge is -2.35. The molecule has 5 nitrogen and oxygen atoms in total. The zero-order valence-corrected chi connectivity index (χ0v) is 14.6. The van der Waals surface area contributed by atoms with Crippen LogP contribution >= 0.6 is 23.4 Å². The van der Waals surface area contributed by atoms with Gasteiger partial charge in [-0.15, -0.1) is 0 Å². The summed E-state index contributed by atoms with van der Waals surface area (Å²) in [5.41, 5.74) is 0.799. The quantitative estimate of drug-likeness (QED) is 0.773. The van der Waals surface area contributed by atoms with E-state index in [0.29, 0.717) is 31.0 Å². The van der Waals surface area contributed by atoms with Crippen LogP contribution in [0.25, 0.3) is 6.08 Å². The molecule has 2 fully saturated rings. The molecule has 1 aromatic rings. The number of piperidine rings is 1. The highest BCUT2D eigenvalue weighted by Gasteiger charge is 2.37. The number of imide groups is 1. The van der Waals surface area contributed by atoms with Crippen LogP contribution in [0.5, 0.6) is 0 Å². The van der Waals surface area contributed by atoms with Gasteiger partial charge < -0.3 is 4.90 Å². The lowest BCUT2D eigenvalue weighted by molar-refractivity contribution is -0.129. The Hall–Kier alpha value is -1.79. The minimum atomic E-state index is -0.164. The number of carbonyl (C=O) groups excluding carboxylic acids is 3. The van der Waals surface area contributed by atoms with Crippen molar-refractivity contribution in [2.45, 2.75) is 18.9 Å². The summed E-state index contributed by atoms with van der Waals surface area (Å²) in [5.74, 6) is 0.0358. The molecule has 0 N–H and O–H groups in total. The number of halogens is 1. The van der Waals surface area contributed by atoms with E-state index in [2.05, 4.69) is 0 Å². The Morgan fingerprint density at radius 2 is 1.92 bits per heavy atom. The van der Waals surface area contributed by atoms with Crippen molar-refractivity contribution in [1.82, 2.24) is 9.80 Å². The SMILES string of the molecule is O=C(/C=C/c1ccccc1Cl)N1CCC(N2C(=O)CSC2=O)CC1. The van der Waals surface area contributed by atoms with Crippen LogP contribution in [0.2, 0.25) is 5.02 Å². The number of rotatable bonds is 3. The van der Waals surface area contributed by atoms with E-state index >= 15 is 0 Å². The van der Waals surface area contributed by atoms with Crippen LogP contribution in [0.4, 0.5) is 4.79 Å². The molecular weight excluding hydrogens is 348 g/mol. The van der Waals surface area contributed by atoms with Gasteiger partial charge in [0.25, 0.3) is 5.24 Å². The van der Waals surface area contributed by atoms with E-state index in [1.54, 1.807) is 17.0 Å². The summed E-state index contributed by atoms with van der Waals surface area (Å²) in [6, 6.07) is 7.24. The van der Waals surface area contributed by atoms with Crippen molar-refractivity contribution in [3.8, 4) is 0 Å². The van der Waals surface area contributed by atoms with Crippen molar-refractivity contribution < 1.29 is 14.4 Å². The molecule has 126 valence electrons. The maximum absolute atomic E-state index is 12.3. The molecule has 0 spiro atoms. The predicted octanol–water partition coefficient (Wildman–Crippen LogP) is 3.04. The molecule has 3 amide bonds. The lowest BCUT2D eigenvalue weighted by atomic mass is 10.0. The van der Waals surface area contributed by atoms with Gasteiger partial charge in [0.05, 0.1) is 5.75 Å². The first kappa shape index (κ1) is 17.0. The number of nitrogens with zero attached hydrogens (tertiary/aromatic N) is 2. The van der Waals surface area contributed by atoms with Gasteiger partial charge in [-0.05, 0) is 30.5 Å². The Morgan fingerprint density at radius 1 is 1.21 bits per heavy atom. The van der Waals surface area contributed by atoms with E-state index in [1.165, 1.54) is 11.0 Å². The number of amides is 3. The van der Waals surface area contributed by atoms with E-state index in [4.69, 9.17) is 11.6 Å². The van der Waals surface area contributed by atoms with Gasteiger partial charge >= 0.3 is 0 Å². The number of thioether (sulfide) groups is 1. The Morgan fingerprint density at radius 3 is 2.54 bits per heavy atom. The minimum absolute atomic E-state index is 0.0816. The van der Waals surface area contributed by atoms with Crippen LogP contribution in [0, 0.1) is 0 Å². The van der Waals surface area contributed by atoms with Gasteiger partial charge in [0.1, 0.15) is 0 Å². The molecule has 2 aliphatic rings. The van der Waals surface area contributed by atoms with Crippen molar-refractivity contribution in [2.24, 2.45) is 0 Å². The van der Waals surface area contributed by atoms with Crippen LogP contribution in [0.3, 0.4) is 0 Å². The number of hydrogen-bond acceptors (Lipinski definition) is 4. The summed E-state index contributed by atoms with van der Waals surface area (Å²) < 4.78 is 0. The van der Waals surface area contributed by atoms with E-state index in [-0.39, 0.29) is 28.8 Å². The smallest absolute Gasteiger partial charge is 0.289 e. The summed E-state index contributed by atoms with van der Waals surface area (Å²) in [7, 11) is 0. The van der Waals surface area contributed by atoms with Gasteiger partial charge in [-0.1, -0.05) is 41.6 Å². The minimum Gasteiger partial charge on any atom is -0.339 e. The average Bonchev–Trinajstić information content (AvgIpc) is 2.93. The molecule has 7 heteroatoms. The van der Waals surface area contributed by atoms with Crippen LogP contribution in [-0.4, -0.2) is 51.7 Å². The number of likely N-dealkylation sites (tertiary alicyclic amines) is 1. The summed E-state index contributed by atoms with van der Waals surface area (Å²) in [5, 5.41) is 0.437. The Bertz CT molecular complexity index is 683. The number of benzene rings is 1. The Kier molecular flexibility index (Phi) is 5.26. The molecule has 2 saturated heterocycles. The first-order chi connectivity index (χ1) is 11.6. The highest BCUT2D eigenvalue weighted by atomic mass is 35.5. The highest BCUT2D eigenvalue weighted by Crippen LogP contribution is 2.26. The molecule has 24 heavy (non-hydrogen) atoms. The molecule has 1 aromatic carbocycles. The molecule has 0 bridgehead atoms. The van der Waals surface area contributed by atoms with Gasteiger partial charge in [-0.2, -0.15) is 0 Å². The fourth-order valence-electron chi connectivity index (χ4n) is 2.94. The second-order valence-corrected chi connectivity index (χ2v) is 7.06. The molecule has 0 aromatic heterocycles. The Labute approximate surface area is 149 Å². The van der Waals surface area contributed by atoms with Gasteiger partial charge in [0, 0.05) is 30.2 Å².